The van der Waals surface area contributed by atoms with Crippen LogP contribution in [0.1, 0.15) is 37.1 Å². The molecule has 3 nitrogen and oxygen atoms in total. The number of fused-ring (bicyclic) bond motifs is 3. The summed E-state index contributed by atoms with van der Waals surface area (Å²) in [6, 6.07) is 19.7. The van der Waals surface area contributed by atoms with Gasteiger partial charge in [-0.1, -0.05) is 56.0 Å². The molecule has 0 unspecified atom stereocenters. The Labute approximate surface area is 142 Å². The number of hydrogen-bond acceptors (Lipinski definition) is 2. The maximum absolute atomic E-state index is 8.12. The number of nitrogens with zero attached hydrogens (tertiary/aromatic N) is 1. The molecule has 0 saturated carbocycles. The molecule has 0 spiro atoms. The molecule has 0 saturated heterocycles. The van der Waals surface area contributed by atoms with E-state index in [1.54, 1.807) is 11.3 Å². The molecule has 1 aliphatic rings. The zero-order valence-corrected chi connectivity index (χ0v) is 13.0. The van der Waals surface area contributed by atoms with Crippen molar-refractivity contribution in [2.45, 2.75) is 39.7 Å². The van der Waals surface area contributed by atoms with Gasteiger partial charge in [0.2, 0.25) is 0 Å². The maximum atomic E-state index is 8.12. The van der Waals surface area contributed by atoms with Gasteiger partial charge < -0.3 is 4.57 Å². The van der Waals surface area contributed by atoms with Gasteiger partial charge >= 0.3 is 6.15 Å². The fourth-order valence-electron chi connectivity index (χ4n) is 3.53. The third kappa shape index (κ3) is 3.47. The van der Waals surface area contributed by atoms with E-state index < -0.39 is 0 Å². The van der Waals surface area contributed by atoms with E-state index in [1.807, 2.05) is 0 Å². The van der Waals surface area contributed by atoms with Crippen molar-refractivity contribution in [1.82, 2.24) is 4.57 Å². The molecule has 0 amide bonds. The van der Waals surface area contributed by atoms with E-state index in [9.17, 15) is 0 Å². The molecule has 24 heavy (non-hydrogen) atoms. The van der Waals surface area contributed by atoms with E-state index in [4.69, 9.17) is 9.59 Å². The molecule has 0 N–H and O–H groups in total. The van der Waals surface area contributed by atoms with Gasteiger partial charge in [-0.3, -0.25) is 0 Å². The summed E-state index contributed by atoms with van der Waals surface area (Å²) < 4.78 is 2.54. The second-order valence-electron chi connectivity index (χ2n) is 5.80. The third-order valence-corrected chi connectivity index (χ3v) is 4.47. The van der Waals surface area contributed by atoms with Gasteiger partial charge in [0, 0.05) is 23.1 Å². The number of para-hydroxylation sites is 1. The molecule has 3 heteroatoms. The first kappa shape index (κ1) is 17.7. The molecule has 3 aromatic rings. The first-order valence-corrected chi connectivity index (χ1v) is 7.97. The van der Waals surface area contributed by atoms with Crippen molar-refractivity contribution in [2.75, 3.05) is 0 Å². The second kappa shape index (κ2) is 8.28. The Morgan fingerprint density at radius 1 is 0.875 bits per heavy atom. The number of hydrogen-bond donors (Lipinski definition) is 0. The van der Waals surface area contributed by atoms with Crippen molar-refractivity contribution in [2.24, 2.45) is 0 Å². The minimum atomic E-state index is 0. The Morgan fingerprint density at radius 2 is 1.50 bits per heavy atom. The molecule has 0 radical (unpaired) electrons. The van der Waals surface area contributed by atoms with Crippen LogP contribution in [-0.4, -0.2) is 10.7 Å². The molecule has 0 atom stereocenters. The Morgan fingerprint density at radius 3 is 2.25 bits per heavy atom. The van der Waals surface area contributed by atoms with Gasteiger partial charge in [-0.2, -0.15) is 9.59 Å². The van der Waals surface area contributed by atoms with Gasteiger partial charge in [-0.05, 0) is 42.9 Å². The van der Waals surface area contributed by atoms with Crippen molar-refractivity contribution >= 4 is 17.1 Å². The topological polar surface area (TPSA) is 39.1 Å². The van der Waals surface area contributed by atoms with Gasteiger partial charge in [-0.15, -0.1) is 0 Å². The minimum Gasteiger partial charge on any atom is -0.340 e. The number of aryl methyl sites for hydroxylation is 1. The molecule has 1 heterocycles. The summed E-state index contributed by atoms with van der Waals surface area (Å²) in [5.74, 6) is 0. The molecule has 2 aromatic carbocycles. The maximum Gasteiger partial charge on any atom is 0.373 e. The SMILES string of the molecule is C.O=C=O.c1ccc(Cn2c3c(c4ccccc42)CCCC3)cc1. The number of rotatable bonds is 2. The van der Waals surface area contributed by atoms with Crippen LogP contribution in [0.5, 0.6) is 0 Å². The monoisotopic (exact) mass is 321 g/mol. The molecule has 0 aliphatic heterocycles. The Balaban J connectivity index is 0.000000487. The lowest BCUT2D eigenvalue weighted by molar-refractivity contribution is -0.191. The summed E-state index contributed by atoms with van der Waals surface area (Å²) in [7, 11) is 0. The summed E-state index contributed by atoms with van der Waals surface area (Å²) >= 11 is 0. The lowest BCUT2D eigenvalue weighted by Crippen LogP contribution is -2.09. The summed E-state index contributed by atoms with van der Waals surface area (Å²) in [5, 5.41) is 1.47. The highest BCUT2D eigenvalue weighted by Gasteiger charge is 2.19. The third-order valence-electron chi connectivity index (χ3n) is 4.47. The first-order valence-electron chi connectivity index (χ1n) is 7.97. The van der Waals surface area contributed by atoms with E-state index in [-0.39, 0.29) is 13.6 Å². The second-order valence-corrected chi connectivity index (χ2v) is 5.80. The Bertz CT molecular complexity index is 828. The van der Waals surface area contributed by atoms with E-state index in [0.717, 1.165) is 6.54 Å². The van der Waals surface area contributed by atoms with Crippen LogP contribution < -0.4 is 0 Å². The largest absolute Gasteiger partial charge is 0.373 e. The summed E-state index contributed by atoms with van der Waals surface area (Å²) in [6.45, 7) is 0.997. The van der Waals surface area contributed by atoms with Gasteiger partial charge in [0.05, 0.1) is 0 Å². The van der Waals surface area contributed by atoms with Crippen LogP contribution in [0.2, 0.25) is 0 Å². The van der Waals surface area contributed by atoms with Gasteiger partial charge in [0.25, 0.3) is 0 Å². The van der Waals surface area contributed by atoms with E-state index in [1.165, 1.54) is 42.1 Å². The van der Waals surface area contributed by atoms with Gasteiger partial charge in [-0.25, -0.2) is 0 Å². The minimum absolute atomic E-state index is 0. The molecule has 1 aromatic heterocycles. The lowest BCUT2D eigenvalue weighted by Gasteiger charge is -2.16. The van der Waals surface area contributed by atoms with E-state index in [0.29, 0.717) is 0 Å². The van der Waals surface area contributed by atoms with Gasteiger partial charge in [0.1, 0.15) is 0 Å². The van der Waals surface area contributed by atoms with Crippen molar-refractivity contribution in [1.29, 1.82) is 0 Å². The van der Waals surface area contributed by atoms with Crippen LogP contribution in [-0.2, 0) is 29.0 Å². The molecule has 0 bridgehead atoms. The molecule has 4 rings (SSSR count). The Kier molecular flexibility index (Phi) is 6.11. The number of carbonyl (C=O) groups excluding carboxylic acids is 2. The summed E-state index contributed by atoms with van der Waals surface area (Å²) in [6.07, 6.45) is 5.40. The lowest BCUT2D eigenvalue weighted by atomic mass is 9.95. The average Bonchev–Trinajstić information content (AvgIpc) is 2.91. The van der Waals surface area contributed by atoms with Crippen LogP contribution in [0.3, 0.4) is 0 Å². The van der Waals surface area contributed by atoms with Crippen LogP contribution in [0.25, 0.3) is 10.9 Å². The highest BCUT2D eigenvalue weighted by atomic mass is 16.2. The van der Waals surface area contributed by atoms with Crippen molar-refractivity contribution in [3.8, 4) is 0 Å². The molecular weight excluding hydrogens is 298 g/mol. The molecule has 1 aliphatic carbocycles. The smallest absolute Gasteiger partial charge is 0.340 e. The fourth-order valence-corrected chi connectivity index (χ4v) is 3.53. The zero-order valence-electron chi connectivity index (χ0n) is 13.0. The van der Waals surface area contributed by atoms with Crippen molar-refractivity contribution in [3.05, 3.63) is 71.4 Å². The fraction of sp³-hybridized carbons (Fsp3) is 0.286. The van der Waals surface area contributed by atoms with Crippen molar-refractivity contribution in [3.63, 3.8) is 0 Å². The quantitative estimate of drug-likeness (QED) is 0.691. The first-order chi connectivity index (χ1) is 11.3. The van der Waals surface area contributed by atoms with E-state index >= 15 is 0 Å². The van der Waals surface area contributed by atoms with Gasteiger partial charge in [0.15, 0.2) is 0 Å². The van der Waals surface area contributed by atoms with Crippen LogP contribution in [0.15, 0.2) is 54.6 Å². The Hall–Kier alpha value is -2.64. The normalized spacial score (nSPS) is 12.3. The number of benzene rings is 2. The molecule has 0 fully saturated rings. The zero-order chi connectivity index (χ0) is 16.1. The summed E-state index contributed by atoms with van der Waals surface area (Å²) in [4.78, 5) is 16.2. The molecule has 124 valence electrons. The van der Waals surface area contributed by atoms with Crippen LogP contribution in [0, 0.1) is 0 Å². The highest BCUT2D eigenvalue weighted by Crippen LogP contribution is 2.32. The predicted molar refractivity (Wildman–Crippen MR) is 95.9 cm³/mol. The van der Waals surface area contributed by atoms with Crippen LogP contribution in [0.4, 0.5) is 0 Å². The standard InChI is InChI=1S/C19H19N.CO2.CH4/c1-2-8-15(9-3-1)14-20-18-12-6-4-10-16(18)17-11-5-7-13-19(17)20;2-1-3;/h1-4,6,8-10,12H,5,7,11,13-14H2;;1H4. The average molecular weight is 321 g/mol. The van der Waals surface area contributed by atoms with E-state index in [2.05, 4.69) is 59.2 Å². The molecular formula is C21H23NO2. The highest BCUT2D eigenvalue weighted by molar-refractivity contribution is 5.86. The predicted octanol–water partition coefficient (Wildman–Crippen LogP) is 4.62. The summed E-state index contributed by atoms with van der Waals surface area (Å²) in [5.41, 5.74) is 5.97. The van der Waals surface area contributed by atoms with Crippen LogP contribution >= 0.6 is 0 Å². The van der Waals surface area contributed by atoms with Crippen molar-refractivity contribution < 1.29 is 9.59 Å². The number of aromatic nitrogens is 1.